The summed E-state index contributed by atoms with van der Waals surface area (Å²) >= 11 is 1.55. The number of benzene rings is 4. The molecule has 0 bridgehead atoms. The molecule has 0 aromatic heterocycles. The maximum atomic E-state index is 3.65. The molecule has 0 nitrogen and oxygen atoms in total. The summed E-state index contributed by atoms with van der Waals surface area (Å²) in [5.41, 5.74) is 13.1. The average Bonchev–Trinajstić information content (AvgIpc) is 3.45. The summed E-state index contributed by atoms with van der Waals surface area (Å²) in [4.78, 5) is 0. The van der Waals surface area contributed by atoms with E-state index in [9.17, 15) is 0 Å². The Morgan fingerprint density at radius 2 is 1.21 bits per heavy atom. The van der Waals surface area contributed by atoms with Crippen molar-refractivity contribution in [1.29, 1.82) is 0 Å². The van der Waals surface area contributed by atoms with Gasteiger partial charge in [0.05, 0.1) is 0 Å². The number of aryl methyl sites for hydroxylation is 2. The van der Waals surface area contributed by atoms with E-state index in [1.54, 1.807) is 24.2 Å². The summed E-state index contributed by atoms with van der Waals surface area (Å²) < 4.78 is 1.51. The first kappa shape index (κ1) is 31.8. The standard InChI is InChI=1S/C25H17.C7H9.C3H6.2ClH.Zr/c1-3-7-18(8-4-1)20-11-13-24-22(15-20)17-23-16-21(12-14-25(23)24)19-9-5-2-6-10-19;1-6-4-3-5-7(6)2;1-3-2;;;/h1-15H,17H2;3-5H,1-2H3;1-2H3;2*1H;/q2*-1;;;;+2/p-2. The van der Waals surface area contributed by atoms with Crippen LogP contribution in [0.3, 0.4) is 0 Å². The zero-order valence-corrected chi connectivity index (χ0v) is 26.3. The summed E-state index contributed by atoms with van der Waals surface area (Å²) in [7, 11) is 0. The van der Waals surface area contributed by atoms with E-state index in [0.717, 1.165) is 6.42 Å². The second-order valence-electron chi connectivity index (χ2n) is 9.44. The smallest absolute Gasteiger partial charge is 0.0181 e. The van der Waals surface area contributed by atoms with Crippen LogP contribution in [0.2, 0.25) is 0 Å². The molecule has 6 rings (SSSR count). The molecule has 38 heavy (non-hydrogen) atoms. The van der Waals surface area contributed by atoms with Crippen molar-refractivity contribution >= 4 is 3.21 Å². The van der Waals surface area contributed by atoms with Gasteiger partial charge in [-0.1, -0.05) is 109 Å². The summed E-state index contributed by atoms with van der Waals surface area (Å²) in [6.07, 6.45) is 0.964. The van der Waals surface area contributed by atoms with E-state index < -0.39 is 0 Å². The van der Waals surface area contributed by atoms with Crippen LogP contribution < -0.4 is 24.8 Å². The van der Waals surface area contributed by atoms with Crippen LogP contribution in [0.15, 0.2) is 109 Å². The van der Waals surface area contributed by atoms with E-state index in [4.69, 9.17) is 0 Å². The van der Waals surface area contributed by atoms with Crippen molar-refractivity contribution < 1.29 is 49.0 Å². The van der Waals surface area contributed by atoms with E-state index in [1.807, 2.05) is 0 Å². The van der Waals surface area contributed by atoms with Crippen LogP contribution in [0.4, 0.5) is 0 Å². The normalized spacial score (nSPS) is 10.3. The van der Waals surface area contributed by atoms with Crippen molar-refractivity contribution in [3.05, 3.63) is 138 Å². The molecule has 0 amide bonds. The third-order valence-corrected chi connectivity index (χ3v) is 6.30. The van der Waals surface area contributed by atoms with E-state index in [2.05, 4.69) is 143 Å². The van der Waals surface area contributed by atoms with E-state index >= 15 is 0 Å². The number of hydrogen-bond acceptors (Lipinski definition) is 0. The quantitative estimate of drug-likeness (QED) is 0.263. The molecule has 0 radical (unpaired) electrons. The van der Waals surface area contributed by atoms with Crippen molar-refractivity contribution in [2.45, 2.75) is 34.1 Å². The molecule has 0 aliphatic heterocycles. The van der Waals surface area contributed by atoms with Gasteiger partial charge in [-0.3, -0.25) is 0 Å². The third kappa shape index (κ3) is 8.28. The monoisotopic (exact) mass is 612 g/mol. The van der Waals surface area contributed by atoms with Gasteiger partial charge in [-0.15, -0.1) is 29.3 Å². The van der Waals surface area contributed by atoms with Crippen molar-refractivity contribution in [2.75, 3.05) is 0 Å². The summed E-state index contributed by atoms with van der Waals surface area (Å²) in [5, 5.41) is 0. The fraction of sp³-hybridized carbons (Fsp3) is 0.143. The van der Waals surface area contributed by atoms with Crippen LogP contribution >= 0.6 is 0 Å². The Kier molecular flexibility index (Phi) is 12.7. The largest absolute Gasteiger partial charge is 1.00 e. The Bertz CT molecular complexity index is 1340. The minimum Gasteiger partial charge on any atom is -1.00 e. The molecule has 5 aromatic carbocycles. The Hall–Kier alpha value is -2.44. The Labute approximate surface area is 255 Å². The predicted octanol–water partition coefficient (Wildman–Crippen LogP) is 3.17. The first-order chi connectivity index (χ1) is 17.4. The Morgan fingerprint density at radius 1 is 0.684 bits per heavy atom. The molecule has 192 valence electrons. The Morgan fingerprint density at radius 3 is 1.74 bits per heavy atom. The second kappa shape index (κ2) is 15.2. The molecule has 0 unspecified atom stereocenters. The van der Waals surface area contributed by atoms with Gasteiger partial charge in [0.15, 0.2) is 0 Å². The van der Waals surface area contributed by atoms with Crippen LogP contribution in [0, 0.1) is 19.9 Å². The third-order valence-electron chi connectivity index (χ3n) is 6.30. The molecule has 0 saturated heterocycles. The summed E-state index contributed by atoms with van der Waals surface area (Å²) in [6, 6.07) is 42.3. The van der Waals surface area contributed by atoms with Gasteiger partial charge in [0.1, 0.15) is 0 Å². The first-order valence-electron chi connectivity index (χ1n) is 12.4. The van der Waals surface area contributed by atoms with Crippen molar-refractivity contribution in [3.63, 3.8) is 0 Å². The first-order valence-corrected chi connectivity index (χ1v) is 13.7. The molecular weight excluding hydrogens is 583 g/mol. The topological polar surface area (TPSA) is 0 Å². The average molecular weight is 615 g/mol. The van der Waals surface area contributed by atoms with Crippen LogP contribution in [-0.2, 0) is 30.7 Å². The molecule has 0 N–H and O–H groups in total. The van der Waals surface area contributed by atoms with Crippen LogP contribution in [0.25, 0.3) is 33.4 Å². The van der Waals surface area contributed by atoms with E-state index in [1.165, 1.54) is 58.8 Å². The minimum absolute atomic E-state index is 0. The van der Waals surface area contributed by atoms with Crippen LogP contribution in [0.5, 0.6) is 0 Å². The minimum atomic E-state index is 0. The molecule has 1 aliphatic carbocycles. The molecule has 3 heteroatoms. The van der Waals surface area contributed by atoms with Crippen molar-refractivity contribution in [1.82, 2.24) is 0 Å². The van der Waals surface area contributed by atoms with Gasteiger partial charge in [-0.05, 0) is 23.1 Å². The fourth-order valence-electron chi connectivity index (χ4n) is 4.32. The van der Waals surface area contributed by atoms with Gasteiger partial charge in [0.25, 0.3) is 0 Å². The number of fused-ring (bicyclic) bond motifs is 3. The number of hydrogen-bond donors (Lipinski definition) is 0. The van der Waals surface area contributed by atoms with Crippen molar-refractivity contribution in [3.8, 4) is 33.4 Å². The molecule has 0 fully saturated rings. The predicted molar refractivity (Wildman–Crippen MR) is 152 cm³/mol. The zero-order chi connectivity index (χ0) is 25.5. The van der Waals surface area contributed by atoms with Gasteiger partial charge < -0.3 is 24.8 Å². The van der Waals surface area contributed by atoms with E-state index in [-0.39, 0.29) is 24.8 Å². The maximum absolute atomic E-state index is 3.65. The SMILES string of the molecule is C[C](C)=[Zr+2].Cc1c[cH-]cc1C.[Cl-].[Cl-].[c-]1c(-c2ccccc2)ccc2c1Cc1cc(-c3ccccc3)ccc1-2. The number of rotatable bonds is 2. The molecule has 0 atom stereocenters. The molecule has 5 aromatic rings. The van der Waals surface area contributed by atoms with Gasteiger partial charge in [-0.2, -0.15) is 29.3 Å². The summed E-state index contributed by atoms with van der Waals surface area (Å²) in [5.74, 6) is 0. The van der Waals surface area contributed by atoms with Gasteiger partial charge in [0.2, 0.25) is 0 Å². The molecule has 0 heterocycles. The molecule has 0 spiro atoms. The number of halogens is 2. The Balaban J connectivity index is 0.000000331. The maximum Gasteiger partial charge on any atom is -0.0181 e. The fourth-order valence-corrected chi connectivity index (χ4v) is 4.32. The van der Waals surface area contributed by atoms with Crippen LogP contribution in [-0.4, -0.2) is 3.21 Å². The van der Waals surface area contributed by atoms with Gasteiger partial charge in [0, 0.05) is 0 Å². The van der Waals surface area contributed by atoms with Gasteiger partial charge in [-0.25, -0.2) is 0 Å². The second-order valence-corrected chi connectivity index (χ2v) is 11.9. The molecule has 0 saturated carbocycles. The molecule has 1 aliphatic rings. The van der Waals surface area contributed by atoms with Crippen LogP contribution in [0.1, 0.15) is 36.1 Å². The zero-order valence-electron chi connectivity index (χ0n) is 22.4. The molecular formula is C35H32Cl2Zr-2. The summed E-state index contributed by atoms with van der Waals surface area (Å²) in [6.45, 7) is 8.49. The van der Waals surface area contributed by atoms with Crippen molar-refractivity contribution in [2.24, 2.45) is 0 Å². The van der Waals surface area contributed by atoms with E-state index in [0.29, 0.717) is 0 Å². The van der Waals surface area contributed by atoms with Gasteiger partial charge >= 0.3 is 41.3 Å².